The monoisotopic (exact) mass is 598 g/mol. The average molecular weight is 599 g/mol. The third-order valence-electron chi connectivity index (χ3n) is 5.06. The summed E-state index contributed by atoms with van der Waals surface area (Å²) >= 11 is 1.39. The third-order valence-corrected chi connectivity index (χ3v) is 9.84. The number of aromatic nitrogens is 1. The molecule has 0 bridgehead atoms. The van der Waals surface area contributed by atoms with E-state index in [1.54, 1.807) is 0 Å². The number of hydrogen-bond donors (Lipinski definition) is 2. The van der Waals surface area contributed by atoms with Crippen LogP contribution in [0.5, 0.6) is 0 Å². The number of carbonyl (C=O) groups excluding carboxylic acids is 1. The molecule has 38 heavy (non-hydrogen) atoms. The number of aliphatic hydroxyl groups excluding tert-OH is 1. The van der Waals surface area contributed by atoms with Crippen LogP contribution in [0.1, 0.15) is 0 Å². The topological polar surface area (TPSA) is 232 Å². The van der Waals surface area contributed by atoms with Crippen molar-refractivity contribution in [2.45, 2.75) is 4.90 Å². The predicted molar refractivity (Wildman–Crippen MR) is 136 cm³/mol. The zero-order valence-corrected chi connectivity index (χ0v) is 21.4. The maximum absolute atomic E-state index is 13.1. The van der Waals surface area contributed by atoms with Crippen LogP contribution in [0.2, 0.25) is 0 Å². The van der Waals surface area contributed by atoms with E-state index in [1.807, 2.05) is 4.72 Å². The molecule has 0 aliphatic carbocycles. The maximum atomic E-state index is 13.1. The summed E-state index contributed by atoms with van der Waals surface area (Å²) in [6.07, 6.45) is 0. The molecule has 16 nitrogen and oxygen atoms in total. The zero-order chi connectivity index (χ0) is 27.6. The van der Waals surface area contributed by atoms with Gasteiger partial charge < -0.3 is 5.11 Å². The number of aliphatic hydroxyl groups is 1. The molecule has 2 aromatic carbocycles. The SMILES string of the molecule is O=C1/C(=C(/O)CS(=O)(=O)Nc2nc3cc([N+](=O)[O-])ccc3s2)S(=O)(=O)N=C2Sc3c(cccc3[N+](=O)[O-])N12. The van der Waals surface area contributed by atoms with Crippen molar-refractivity contribution < 1.29 is 36.6 Å². The summed E-state index contributed by atoms with van der Waals surface area (Å²) in [6, 6.07) is 7.41. The summed E-state index contributed by atoms with van der Waals surface area (Å²) in [6.45, 7) is 0. The van der Waals surface area contributed by atoms with Crippen molar-refractivity contribution in [2.75, 3.05) is 15.4 Å². The average Bonchev–Trinajstić information content (AvgIpc) is 3.36. The lowest BCUT2D eigenvalue weighted by Gasteiger charge is -2.22. The number of nitro benzene ring substituents is 2. The lowest BCUT2D eigenvalue weighted by Crippen LogP contribution is -2.41. The number of rotatable bonds is 6. The second kappa shape index (κ2) is 8.72. The quantitative estimate of drug-likeness (QED) is 0.180. The summed E-state index contributed by atoms with van der Waals surface area (Å²) in [5.41, 5.74) is -0.613. The van der Waals surface area contributed by atoms with Gasteiger partial charge in [-0.15, -0.1) is 4.40 Å². The van der Waals surface area contributed by atoms with E-state index in [1.165, 1.54) is 24.3 Å². The van der Waals surface area contributed by atoms with Gasteiger partial charge >= 0.3 is 0 Å². The summed E-state index contributed by atoms with van der Waals surface area (Å²) in [5.74, 6) is -4.05. The zero-order valence-electron chi connectivity index (χ0n) is 18.2. The van der Waals surface area contributed by atoms with Gasteiger partial charge in [0.25, 0.3) is 27.3 Å². The molecule has 2 aliphatic rings. The Kier molecular flexibility index (Phi) is 5.85. The van der Waals surface area contributed by atoms with Gasteiger partial charge in [-0.25, -0.2) is 13.4 Å². The van der Waals surface area contributed by atoms with E-state index in [4.69, 9.17) is 0 Å². The van der Waals surface area contributed by atoms with Gasteiger partial charge in [0.2, 0.25) is 10.0 Å². The molecule has 3 heterocycles. The Labute approximate surface area is 219 Å². The number of nitro groups is 2. The summed E-state index contributed by atoms with van der Waals surface area (Å²) in [7, 11) is -9.44. The van der Waals surface area contributed by atoms with Crippen LogP contribution in [0, 0.1) is 20.2 Å². The van der Waals surface area contributed by atoms with Gasteiger partial charge in [0, 0.05) is 18.2 Å². The smallest absolute Gasteiger partial charge is 0.293 e. The molecular formula is C18H10N6O10S4. The number of thiazole rings is 1. The standard InChI is InChI=1S/C18H10N6O10S4/c25-12(7-37(31,32)20-17-19-9-6-8(23(27)28)4-5-13(9)35-17)15-16(26)22-10-2-1-3-11(24(29)30)14(10)36-18(22)21-38(15,33)34/h1-6,25H,7H2,(H,19,20)/b15-12-. The van der Waals surface area contributed by atoms with Crippen LogP contribution in [0.3, 0.4) is 0 Å². The number of amides is 1. The Morgan fingerprint density at radius 3 is 2.58 bits per heavy atom. The largest absolute Gasteiger partial charge is 0.509 e. The van der Waals surface area contributed by atoms with Crippen LogP contribution in [-0.4, -0.2) is 53.6 Å². The van der Waals surface area contributed by atoms with Crippen LogP contribution in [0.25, 0.3) is 10.2 Å². The first-order valence-electron chi connectivity index (χ1n) is 9.90. The molecular weight excluding hydrogens is 588 g/mol. The summed E-state index contributed by atoms with van der Waals surface area (Å²) < 4.78 is 56.7. The number of carbonyl (C=O) groups is 1. The maximum Gasteiger partial charge on any atom is 0.293 e. The molecule has 2 N–H and O–H groups in total. The van der Waals surface area contributed by atoms with Gasteiger partial charge in [0.15, 0.2) is 15.2 Å². The summed E-state index contributed by atoms with van der Waals surface area (Å²) in [5, 5.41) is 32.1. The highest BCUT2D eigenvalue weighted by Gasteiger charge is 2.47. The van der Waals surface area contributed by atoms with Crippen molar-refractivity contribution in [3.63, 3.8) is 0 Å². The first kappa shape index (κ1) is 25.5. The number of benzene rings is 2. The van der Waals surface area contributed by atoms with Crippen LogP contribution < -0.4 is 9.62 Å². The fraction of sp³-hybridized carbons (Fsp3) is 0.0556. The highest BCUT2D eigenvalue weighted by molar-refractivity contribution is 8.16. The fourth-order valence-electron chi connectivity index (χ4n) is 3.55. The number of non-ortho nitro benzene ring substituents is 1. The first-order chi connectivity index (χ1) is 17.8. The van der Waals surface area contributed by atoms with Gasteiger partial charge in [-0.05, 0) is 23.9 Å². The number of amidine groups is 1. The molecule has 1 amide bonds. The second-order valence-electron chi connectivity index (χ2n) is 7.54. The summed E-state index contributed by atoms with van der Waals surface area (Å²) in [4.78, 5) is 37.3. The van der Waals surface area contributed by atoms with Gasteiger partial charge in [0.1, 0.15) is 16.4 Å². The van der Waals surface area contributed by atoms with E-state index in [2.05, 4.69) is 9.38 Å². The Bertz CT molecular complexity index is 1880. The Balaban J connectivity index is 1.47. The number of nitrogens with zero attached hydrogens (tertiary/aromatic N) is 5. The molecule has 0 atom stereocenters. The molecule has 5 rings (SSSR count). The van der Waals surface area contributed by atoms with Crippen molar-refractivity contribution in [3.8, 4) is 0 Å². The molecule has 20 heteroatoms. The molecule has 0 saturated carbocycles. The second-order valence-corrected chi connectivity index (χ2v) is 12.8. The molecule has 0 saturated heterocycles. The number of anilines is 2. The number of sulfonamides is 2. The molecule has 2 aliphatic heterocycles. The fourth-order valence-corrected chi connectivity index (χ4v) is 8.25. The number of thioether (sulfide) groups is 1. The number of nitrogens with one attached hydrogen (secondary N) is 1. The van der Waals surface area contributed by atoms with E-state index in [9.17, 15) is 47.0 Å². The van der Waals surface area contributed by atoms with Crippen molar-refractivity contribution in [1.29, 1.82) is 0 Å². The van der Waals surface area contributed by atoms with Gasteiger partial charge in [-0.1, -0.05) is 17.4 Å². The minimum Gasteiger partial charge on any atom is -0.509 e. The molecule has 0 radical (unpaired) electrons. The molecule has 0 spiro atoms. The van der Waals surface area contributed by atoms with Crippen molar-refractivity contribution in [2.24, 2.45) is 4.40 Å². The lowest BCUT2D eigenvalue weighted by molar-refractivity contribution is -0.387. The number of fused-ring (bicyclic) bond motifs is 4. The molecule has 0 unspecified atom stereocenters. The van der Waals surface area contributed by atoms with Crippen LogP contribution in [0.4, 0.5) is 22.2 Å². The Morgan fingerprint density at radius 2 is 1.89 bits per heavy atom. The highest BCUT2D eigenvalue weighted by Crippen LogP contribution is 2.48. The van der Waals surface area contributed by atoms with Crippen molar-refractivity contribution >= 4 is 86.6 Å². The van der Waals surface area contributed by atoms with Crippen LogP contribution >= 0.6 is 23.1 Å². The lowest BCUT2D eigenvalue weighted by atomic mass is 10.2. The van der Waals surface area contributed by atoms with Gasteiger partial charge in [-0.3, -0.25) is 34.6 Å². The van der Waals surface area contributed by atoms with Crippen LogP contribution in [-0.2, 0) is 24.8 Å². The Hall–Kier alpha value is -4.14. The molecule has 0 fully saturated rings. The van der Waals surface area contributed by atoms with Gasteiger partial charge in [-0.2, -0.15) is 8.42 Å². The van der Waals surface area contributed by atoms with Crippen LogP contribution in [0.15, 0.2) is 56.4 Å². The normalized spacial score (nSPS) is 17.5. The van der Waals surface area contributed by atoms with E-state index in [-0.39, 0.29) is 26.9 Å². The van der Waals surface area contributed by atoms with E-state index in [0.717, 1.165) is 28.4 Å². The van der Waals surface area contributed by atoms with Crippen molar-refractivity contribution in [1.82, 2.24) is 4.98 Å². The van der Waals surface area contributed by atoms with E-state index >= 15 is 0 Å². The minimum atomic E-state index is -4.89. The molecule has 3 aromatic rings. The predicted octanol–water partition coefficient (Wildman–Crippen LogP) is 2.46. The highest BCUT2D eigenvalue weighted by atomic mass is 32.2. The Morgan fingerprint density at radius 1 is 1.16 bits per heavy atom. The third kappa shape index (κ3) is 4.31. The van der Waals surface area contributed by atoms with E-state index in [0.29, 0.717) is 16.5 Å². The minimum absolute atomic E-state index is 0.0501. The molecule has 1 aromatic heterocycles. The van der Waals surface area contributed by atoms with Gasteiger partial charge in [0.05, 0.1) is 25.8 Å². The van der Waals surface area contributed by atoms with Crippen molar-refractivity contribution in [3.05, 3.63) is 67.3 Å². The first-order valence-corrected chi connectivity index (χ1v) is 14.6. The van der Waals surface area contributed by atoms with E-state index < -0.39 is 63.1 Å². The molecule has 196 valence electrons. The number of hydrogen-bond acceptors (Lipinski definition) is 13.